The van der Waals surface area contributed by atoms with Crippen LogP contribution in [0.15, 0.2) is 5.16 Å². The van der Waals surface area contributed by atoms with Gasteiger partial charge in [0.2, 0.25) is 5.91 Å². The molecule has 1 rings (SSSR count). The Morgan fingerprint density at radius 3 is 3.00 bits per heavy atom. The van der Waals surface area contributed by atoms with Crippen LogP contribution in [0, 0.1) is 6.92 Å². The lowest BCUT2D eigenvalue weighted by molar-refractivity contribution is -0.118. The third-order valence-electron chi connectivity index (χ3n) is 2.22. The van der Waals surface area contributed by atoms with Gasteiger partial charge in [0.15, 0.2) is 5.16 Å². The predicted molar refractivity (Wildman–Crippen MR) is 69.4 cm³/mol. The topological polar surface area (TPSA) is 95.1 Å². The number of aryl methyl sites for hydroxylation is 1. The second kappa shape index (κ2) is 8.06. The van der Waals surface area contributed by atoms with Crippen molar-refractivity contribution in [3.05, 3.63) is 5.82 Å². The summed E-state index contributed by atoms with van der Waals surface area (Å²) in [5, 5.41) is 11.5. The molecule has 0 aliphatic rings. The van der Waals surface area contributed by atoms with Crippen LogP contribution in [0.1, 0.15) is 5.82 Å². The first-order valence-corrected chi connectivity index (χ1v) is 6.66. The van der Waals surface area contributed by atoms with E-state index in [0.29, 0.717) is 32.0 Å². The zero-order valence-corrected chi connectivity index (χ0v) is 11.5. The highest BCUT2D eigenvalue weighted by Gasteiger charge is 2.10. The largest absolute Gasteiger partial charge is 0.383 e. The number of carbonyl (C=O) groups is 1. The SMILES string of the molecule is COCCNC(=O)CSc1nnc(C)n1CCN. The van der Waals surface area contributed by atoms with Crippen molar-refractivity contribution >= 4 is 17.7 Å². The molecule has 1 aromatic heterocycles. The molecule has 18 heavy (non-hydrogen) atoms. The van der Waals surface area contributed by atoms with E-state index in [1.165, 1.54) is 11.8 Å². The third kappa shape index (κ3) is 4.63. The number of ether oxygens (including phenoxy) is 1. The van der Waals surface area contributed by atoms with Crippen molar-refractivity contribution in [1.29, 1.82) is 0 Å². The zero-order valence-electron chi connectivity index (χ0n) is 10.7. The van der Waals surface area contributed by atoms with Gasteiger partial charge in [0.05, 0.1) is 12.4 Å². The van der Waals surface area contributed by atoms with Gasteiger partial charge in [-0.2, -0.15) is 0 Å². The highest BCUT2D eigenvalue weighted by molar-refractivity contribution is 7.99. The van der Waals surface area contributed by atoms with Crippen molar-refractivity contribution in [3.63, 3.8) is 0 Å². The molecule has 0 saturated carbocycles. The Balaban J connectivity index is 2.40. The average molecular weight is 273 g/mol. The summed E-state index contributed by atoms with van der Waals surface area (Å²) in [6.07, 6.45) is 0. The molecule has 3 N–H and O–H groups in total. The molecular weight excluding hydrogens is 254 g/mol. The second-order valence-corrected chi connectivity index (χ2v) is 4.54. The minimum Gasteiger partial charge on any atom is -0.383 e. The van der Waals surface area contributed by atoms with Gasteiger partial charge in [-0.15, -0.1) is 10.2 Å². The molecule has 0 aliphatic carbocycles. The van der Waals surface area contributed by atoms with E-state index in [9.17, 15) is 4.79 Å². The molecule has 0 radical (unpaired) electrons. The fourth-order valence-corrected chi connectivity index (χ4v) is 2.17. The molecule has 0 bridgehead atoms. The maximum absolute atomic E-state index is 11.5. The van der Waals surface area contributed by atoms with Crippen molar-refractivity contribution in [2.75, 3.05) is 32.6 Å². The van der Waals surface area contributed by atoms with Gasteiger partial charge < -0.3 is 20.4 Å². The van der Waals surface area contributed by atoms with Crippen LogP contribution in [0.3, 0.4) is 0 Å². The number of methoxy groups -OCH3 is 1. The first-order chi connectivity index (χ1) is 8.69. The van der Waals surface area contributed by atoms with E-state index in [0.717, 1.165) is 11.0 Å². The van der Waals surface area contributed by atoms with Gasteiger partial charge in [-0.25, -0.2) is 0 Å². The number of nitrogens with zero attached hydrogens (tertiary/aromatic N) is 3. The summed E-state index contributed by atoms with van der Waals surface area (Å²) < 4.78 is 6.76. The van der Waals surface area contributed by atoms with Crippen LogP contribution < -0.4 is 11.1 Å². The molecule has 1 heterocycles. The molecule has 0 fully saturated rings. The number of hydrogen-bond acceptors (Lipinski definition) is 6. The standard InChI is InChI=1S/C10H19N5O2S/c1-8-13-14-10(15(8)5-3-11)18-7-9(16)12-4-6-17-2/h3-7,11H2,1-2H3,(H,12,16). The Hall–Kier alpha value is -1.12. The van der Waals surface area contributed by atoms with E-state index in [-0.39, 0.29) is 5.91 Å². The number of aromatic nitrogens is 3. The third-order valence-corrected chi connectivity index (χ3v) is 3.18. The smallest absolute Gasteiger partial charge is 0.230 e. The molecule has 102 valence electrons. The van der Waals surface area contributed by atoms with E-state index in [2.05, 4.69) is 15.5 Å². The molecular formula is C10H19N5O2S. The van der Waals surface area contributed by atoms with Crippen molar-refractivity contribution in [1.82, 2.24) is 20.1 Å². The molecule has 1 aromatic rings. The maximum atomic E-state index is 11.5. The highest BCUT2D eigenvalue weighted by atomic mass is 32.2. The summed E-state index contributed by atoms with van der Waals surface area (Å²) >= 11 is 1.35. The first-order valence-electron chi connectivity index (χ1n) is 5.67. The Labute approximate surface area is 110 Å². The molecule has 0 saturated heterocycles. The number of carbonyl (C=O) groups excluding carboxylic acids is 1. The zero-order chi connectivity index (χ0) is 13.4. The lowest BCUT2D eigenvalue weighted by atomic mass is 10.6. The average Bonchev–Trinajstić information content (AvgIpc) is 2.69. The van der Waals surface area contributed by atoms with Gasteiger partial charge in [0.1, 0.15) is 5.82 Å². The predicted octanol–water partition coefficient (Wildman–Crippen LogP) is -0.600. The van der Waals surface area contributed by atoms with Gasteiger partial charge in [0.25, 0.3) is 0 Å². The highest BCUT2D eigenvalue weighted by Crippen LogP contribution is 2.15. The fraction of sp³-hybridized carbons (Fsp3) is 0.700. The first kappa shape index (κ1) is 14.9. The van der Waals surface area contributed by atoms with Crippen molar-refractivity contribution in [3.8, 4) is 0 Å². The number of thioether (sulfide) groups is 1. The van der Waals surface area contributed by atoms with Crippen LogP contribution in [-0.4, -0.2) is 53.2 Å². The fourth-order valence-electron chi connectivity index (χ4n) is 1.33. The number of amides is 1. The molecule has 8 heteroatoms. The Morgan fingerprint density at radius 1 is 1.56 bits per heavy atom. The summed E-state index contributed by atoms with van der Waals surface area (Å²) in [4.78, 5) is 11.5. The van der Waals surface area contributed by atoms with Gasteiger partial charge >= 0.3 is 0 Å². The van der Waals surface area contributed by atoms with E-state index in [1.807, 2.05) is 11.5 Å². The molecule has 0 spiro atoms. The van der Waals surface area contributed by atoms with E-state index >= 15 is 0 Å². The minimum absolute atomic E-state index is 0.0444. The Kier molecular flexibility index (Phi) is 6.69. The number of nitrogens with one attached hydrogen (secondary N) is 1. The van der Waals surface area contributed by atoms with Crippen molar-refractivity contribution in [2.24, 2.45) is 5.73 Å². The van der Waals surface area contributed by atoms with Crippen molar-refractivity contribution < 1.29 is 9.53 Å². The summed E-state index contributed by atoms with van der Waals surface area (Å²) in [7, 11) is 1.60. The number of rotatable bonds is 8. The molecule has 0 aliphatic heterocycles. The van der Waals surface area contributed by atoms with Crippen LogP contribution in [0.5, 0.6) is 0 Å². The van der Waals surface area contributed by atoms with Crippen LogP contribution >= 0.6 is 11.8 Å². The normalized spacial score (nSPS) is 10.6. The van der Waals surface area contributed by atoms with Gasteiger partial charge in [-0.1, -0.05) is 11.8 Å². The minimum atomic E-state index is -0.0444. The maximum Gasteiger partial charge on any atom is 0.230 e. The van der Waals surface area contributed by atoms with Crippen LogP contribution in [-0.2, 0) is 16.1 Å². The summed E-state index contributed by atoms with van der Waals surface area (Å²) in [6, 6.07) is 0. The number of hydrogen-bond donors (Lipinski definition) is 2. The monoisotopic (exact) mass is 273 g/mol. The lowest BCUT2D eigenvalue weighted by Crippen LogP contribution is -2.28. The van der Waals surface area contributed by atoms with E-state index in [1.54, 1.807) is 7.11 Å². The Bertz CT molecular complexity index is 382. The van der Waals surface area contributed by atoms with Gasteiger partial charge in [0, 0.05) is 26.7 Å². The lowest BCUT2D eigenvalue weighted by Gasteiger charge is -2.06. The van der Waals surface area contributed by atoms with E-state index in [4.69, 9.17) is 10.5 Å². The molecule has 0 aromatic carbocycles. The summed E-state index contributed by atoms with van der Waals surface area (Å²) in [5.74, 6) is 1.08. The van der Waals surface area contributed by atoms with Crippen LogP contribution in [0.2, 0.25) is 0 Å². The molecule has 7 nitrogen and oxygen atoms in total. The number of nitrogens with two attached hydrogens (primary N) is 1. The quantitative estimate of drug-likeness (QED) is 0.485. The van der Waals surface area contributed by atoms with Crippen LogP contribution in [0.25, 0.3) is 0 Å². The second-order valence-electron chi connectivity index (χ2n) is 3.60. The van der Waals surface area contributed by atoms with Crippen LogP contribution in [0.4, 0.5) is 0 Å². The van der Waals surface area contributed by atoms with Crippen molar-refractivity contribution in [2.45, 2.75) is 18.6 Å². The Morgan fingerprint density at radius 2 is 2.33 bits per heavy atom. The molecule has 0 atom stereocenters. The summed E-state index contributed by atoms with van der Waals surface area (Å²) in [6.45, 7) is 4.08. The summed E-state index contributed by atoms with van der Waals surface area (Å²) in [5.41, 5.74) is 5.52. The van der Waals surface area contributed by atoms with E-state index < -0.39 is 0 Å². The van der Waals surface area contributed by atoms with Gasteiger partial charge in [-0.05, 0) is 6.92 Å². The van der Waals surface area contributed by atoms with Gasteiger partial charge in [-0.3, -0.25) is 4.79 Å². The molecule has 1 amide bonds. The molecule has 0 unspecified atom stereocenters.